The Balaban J connectivity index is 1.30. The molecule has 0 saturated carbocycles. The van der Waals surface area contributed by atoms with E-state index in [1.54, 1.807) is 17.0 Å². The van der Waals surface area contributed by atoms with Crippen LogP contribution in [-0.4, -0.2) is 60.0 Å². The molecule has 186 valence electrons. The fourth-order valence-corrected chi connectivity index (χ4v) is 4.00. The lowest BCUT2D eigenvalue weighted by Gasteiger charge is -2.35. The molecule has 1 aliphatic rings. The molecule has 1 fully saturated rings. The Morgan fingerprint density at radius 1 is 1.08 bits per heavy atom. The molecule has 2 amide bonds. The van der Waals surface area contributed by atoms with Crippen molar-refractivity contribution in [2.45, 2.75) is 0 Å². The average molecular weight is 510 g/mol. The SMILES string of the molecule is COc1ccc(C(=O)NC(=S)Nc2ccc(N3CCN(C(=O)c4ccco4)CC3)cc2)cc1[N+](=O)[O-]. The van der Waals surface area contributed by atoms with Crippen LogP contribution in [0.5, 0.6) is 5.75 Å². The van der Waals surface area contributed by atoms with Crippen LogP contribution in [0.3, 0.4) is 0 Å². The maximum atomic E-state index is 12.5. The topological polar surface area (TPSA) is 130 Å². The summed E-state index contributed by atoms with van der Waals surface area (Å²) in [7, 11) is 1.32. The van der Waals surface area contributed by atoms with Crippen molar-refractivity contribution in [3.05, 3.63) is 82.3 Å². The smallest absolute Gasteiger partial charge is 0.311 e. The first-order valence-electron chi connectivity index (χ1n) is 11.0. The molecule has 1 aliphatic heterocycles. The highest BCUT2D eigenvalue weighted by Gasteiger charge is 2.24. The molecule has 0 radical (unpaired) electrons. The Kier molecular flexibility index (Phi) is 7.44. The van der Waals surface area contributed by atoms with Gasteiger partial charge in [0.15, 0.2) is 16.6 Å². The lowest BCUT2D eigenvalue weighted by Crippen LogP contribution is -2.48. The van der Waals surface area contributed by atoms with E-state index in [0.717, 1.165) is 11.8 Å². The van der Waals surface area contributed by atoms with Gasteiger partial charge in [0.05, 0.1) is 18.3 Å². The molecule has 1 aromatic heterocycles. The molecule has 2 aromatic carbocycles. The summed E-state index contributed by atoms with van der Waals surface area (Å²) in [4.78, 5) is 39.4. The van der Waals surface area contributed by atoms with Gasteiger partial charge in [-0.25, -0.2) is 0 Å². The number of ether oxygens (including phenoxy) is 1. The molecule has 0 unspecified atom stereocenters. The van der Waals surface area contributed by atoms with E-state index in [-0.39, 0.29) is 28.0 Å². The highest BCUT2D eigenvalue weighted by molar-refractivity contribution is 7.80. The highest BCUT2D eigenvalue weighted by Crippen LogP contribution is 2.27. The molecule has 1 saturated heterocycles. The van der Waals surface area contributed by atoms with Crippen molar-refractivity contribution in [3.8, 4) is 5.75 Å². The molecule has 11 nitrogen and oxygen atoms in total. The highest BCUT2D eigenvalue weighted by atomic mass is 32.1. The summed E-state index contributed by atoms with van der Waals surface area (Å²) in [6.45, 7) is 2.53. The van der Waals surface area contributed by atoms with E-state index >= 15 is 0 Å². The number of hydrogen-bond donors (Lipinski definition) is 2. The number of nitrogens with one attached hydrogen (secondary N) is 2. The summed E-state index contributed by atoms with van der Waals surface area (Å²) in [5.41, 5.74) is 1.42. The van der Waals surface area contributed by atoms with Crippen LogP contribution in [0.1, 0.15) is 20.9 Å². The van der Waals surface area contributed by atoms with Gasteiger partial charge in [0.2, 0.25) is 0 Å². The molecule has 36 heavy (non-hydrogen) atoms. The lowest BCUT2D eigenvalue weighted by molar-refractivity contribution is -0.385. The maximum absolute atomic E-state index is 12.5. The minimum absolute atomic E-state index is 0.0521. The van der Waals surface area contributed by atoms with Gasteiger partial charge in [-0.05, 0) is 60.7 Å². The zero-order valence-electron chi connectivity index (χ0n) is 19.3. The minimum atomic E-state index is -0.620. The van der Waals surface area contributed by atoms with Crippen molar-refractivity contribution < 1.29 is 23.7 Å². The first kappa shape index (κ1) is 24.7. The van der Waals surface area contributed by atoms with Gasteiger partial charge in [-0.3, -0.25) is 25.0 Å². The summed E-state index contributed by atoms with van der Waals surface area (Å²) < 4.78 is 10.1. The summed E-state index contributed by atoms with van der Waals surface area (Å²) in [6.07, 6.45) is 1.49. The molecule has 2 N–H and O–H groups in total. The Labute approximate surface area is 211 Å². The molecule has 2 heterocycles. The van der Waals surface area contributed by atoms with Gasteiger partial charge in [0, 0.05) is 49.2 Å². The third-order valence-corrected chi connectivity index (χ3v) is 5.86. The van der Waals surface area contributed by atoms with Crippen molar-refractivity contribution in [2.75, 3.05) is 43.5 Å². The van der Waals surface area contributed by atoms with Crippen molar-refractivity contribution in [3.63, 3.8) is 0 Å². The second-order valence-electron chi connectivity index (χ2n) is 7.86. The standard InChI is InChI=1S/C24H23N5O6S/c1-34-20-9-4-16(15-19(20)29(32)33)22(30)26-24(36)25-17-5-7-18(8-6-17)27-10-12-28(13-11-27)23(31)21-3-2-14-35-21/h2-9,14-15H,10-13H2,1H3,(H2,25,26,30,36). The van der Waals surface area contributed by atoms with Gasteiger partial charge < -0.3 is 24.3 Å². The van der Waals surface area contributed by atoms with E-state index in [0.29, 0.717) is 37.6 Å². The number of piperazine rings is 1. The lowest BCUT2D eigenvalue weighted by atomic mass is 10.1. The van der Waals surface area contributed by atoms with Gasteiger partial charge in [0.25, 0.3) is 11.8 Å². The largest absolute Gasteiger partial charge is 0.490 e. The number of hydrogen-bond acceptors (Lipinski definition) is 8. The number of carbonyl (C=O) groups excluding carboxylic acids is 2. The number of thiocarbonyl (C=S) groups is 1. The predicted molar refractivity (Wildman–Crippen MR) is 137 cm³/mol. The van der Waals surface area contributed by atoms with Crippen LogP contribution < -0.4 is 20.3 Å². The van der Waals surface area contributed by atoms with E-state index in [1.807, 2.05) is 24.3 Å². The van der Waals surface area contributed by atoms with E-state index in [1.165, 1.54) is 25.5 Å². The van der Waals surface area contributed by atoms with Crippen molar-refractivity contribution >= 4 is 46.2 Å². The summed E-state index contributed by atoms with van der Waals surface area (Å²) >= 11 is 5.22. The molecule has 4 rings (SSSR count). The zero-order valence-corrected chi connectivity index (χ0v) is 20.1. The van der Waals surface area contributed by atoms with Crippen LogP contribution in [0.15, 0.2) is 65.3 Å². The first-order chi connectivity index (χ1) is 17.4. The van der Waals surface area contributed by atoms with E-state index in [2.05, 4.69) is 15.5 Å². The van der Waals surface area contributed by atoms with Crippen LogP contribution in [0.4, 0.5) is 17.1 Å². The summed E-state index contributed by atoms with van der Waals surface area (Å²) in [6, 6.07) is 14.8. The molecule has 0 bridgehead atoms. The maximum Gasteiger partial charge on any atom is 0.311 e. The fraction of sp³-hybridized carbons (Fsp3) is 0.208. The third-order valence-electron chi connectivity index (χ3n) is 5.65. The van der Waals surface area contributed by atoms with E-state index in [9.17, 15) is 19.7 Å². The Hall–Kier alpha value is -4.45. The zero-order chi connectivity index (χ0) is 25.7. The molecule has 0 aliphatic carbocycles. The quantitative estimate of drug-likeness (QED) is 0.292. The monoisotopic (exact) mass is 509 g/mol. The number of rotatable bonds is 6. The number of nitro benzene ring substituents is 1. The number of amides is 2. The minimum Gasteiger partial charge on any atom is -0.490 e. The molecular formula is C24H23N5O6S. The number of methoxy groups -OCH3 is 1. The molecule has 3 aromatic rings. The van der Waals surface area contributed by atoms with E-state index < -0.39 is 10.8 Å². The summed E-state index contributed by atoms with van der Waals surface area (Å²) in [5, 5.41) is 16.7. The van der Waals surface area contributed by atoms with Gasteiger partial charge in [-0.15, -0.1) is 0 Å². The number of nitrogens with zero attached hydrogens (tertiary/aromatic N) is 3. The number of carbonyl (C=O) groups is 2. The second-order valence-corrected chi connectivity index (χ2v) is 8.26. The van der Waals surface area contributed by atoms with E-state index in [4.69, 9.17) is 21.4 Å². The molecule has 0 spiro atoms. The molecule has 0 atom stereocenters. The first-order valence-corrected chi connectivity index (χ1v) is 11.4. The molecular weight excluding hydrogens is 486 g/mol. The average Bonchev–Trinajstić information content (AvgIpc) is 3.43. The number of furan rings is 1. The number of benzene rings is 2. The van der Waals surface area contributed by atoms with Crippen LogP contribution in [0.25, 0.3) is 0 Å². The Morgan fingerprint density at radius 2 is 1.81 bits per heavy atom. The van der Waals surface area contributed by atoms with Crippen LogP contribution in [-0.2, 0) is 0 Å². The van der Waals surface area contributed by atoms with Crippen molar-refractivity contribution in [1.29, 1.82) is 0 Å². The normalized spacial score (nSPS) is 13.1. The third kappa shape index (κ3) is 5.61. The number of anilines is 2. The summed E-state index contributed by atoms with van der Waals surface area (Å²) in [5.74, 6) is -0.300. The van der Waals surface area contributed by atoms with Crippen molar-refractivity contribution in [1.82, 2.24) is 10.2 Å². The van der Waals surface area contributed by atoms with Crippen LogP contribution in [0, 0.1) is 10.1 Å². The van der Waals surface area contributed by atoms with Crippen LogP contribution >= 0.6 is 12.2 Å². The Bertz CT molecular complexity index is 1270. The number of nitro groups is 1. The van der Waals surface area contributed by atoms with Crippen molar-refractivity contribution in [2.24, 2.45) is 0 Å². The van der Waals surface area contributed by atoms with Gasteiger partial charge in [-0.1, -0.05) is 0 Å². The van der Waals surface area contributed by atoms with Gasteiger partial charge in [-0.2, -0.15) is 0 Å². The fourth-order valence-electron chi connectivity index (χ4n) is 3.79. The second kappa shape index (κ2) is 10.9. The van der Waals surface area contributed by atoms with Gasteiger partial charge in [0.1, 0.15) is 0 Å². The Morgan fingerprint density at radius 3 is 2.42 bits per heavy atom. The molecule has 12 heteroatoms. The van der Waals surface area contributed by atoms with Gasteiger partial charge >= 0.3 is 5.69 Å². The van der Waals surface area contributed by atoms with Crippen LogP contribution in [0.2, 0.25) is 0 Å². The predicted octanol–water partition coefficient (Wildman–Crippen LogP) is 3.29.